The summed E-state index contributed by atoms with van der Waals surface area (Å²) >= 11 is 5.31. The third kappa shape index (κ3) is 5.43. The summed E-state index contributed by atoms with van der Waals surface area (Å²) in [6.07, 6.45) is 1.63. The van der Waals surface area contributed by atoms with Crippen molar-refractivity contribution in [3.05, 3.63) is 54.1 Å². The van der Waals surface area contributed by atoms with E-state index in [2.05, 4.69) is 20.3 Å². The minimum Gasteiger partial charge on any atom is -0.497 e. The maximum atomic E-state index is 12.5. The number of sulfonamides is 1. The Morgan fingerprint density at radius 1 is 1.21 bits per heavy atom. The fraction of sp³-hybridized carbons (Fsp3) is 0.263. The minimum atomic E-state index is -3.63. The number of rotatable bonds is 6. The van der Waals surface area contributed by atoms with Gasteiger partial charge in [0.1, 0.15) is 10.6 Å². The molecule has 0 saturated heterocycles. The molecule has 1 heterocycles. The molecule has 0 radical (unpaired) electrons. The SMILES string of the molecule is COc1ccc(CNC(=S)Nc2cccc(S(=O)(=O)NC3=[NH+]CCC3)c2)cc1. The fourth-order valence-electron chi connectivity index (χ4n) is 2.74. The molecule has 3 rings (SSSR count). The van der Waals surface area contributed by atoms with Crippen LogP contribution in [0.4, 0.5) is 5.69 Å². The first-order valence-corrected chi connectivity index (χ1v) is 10.8. The van der Waals surface area contributed by atoms with Crippen LogP contribution in [0.3, 0.4) is 0 Å². The molecule has 0 saturated carbocycles. The summed E-state index contributed by atoms with van der Waals surface area (Å²) in [6.45, 7) is 1.33. The van der Waals surface area contributed by atoms with Gasteiger partial charge in [-0.05, 0) is 54.5 Å². The van der Waals surface area contributed by atoms with Crippen molar-refractivity contribution in [3.63, 3.8) is 0 Å². The summed E-state index contributed by atoms with van der Waals surface area (Å²) in [6, 6.07) is 14.2. The number of thiocarbonyl (C=S) groups is 1. The van der Waals surface area contributed by atoms with Crippen LogP contribution in [0, 0.1) is 0 Å². The molecule has 148 valence electrons. The van der Waals surface area contributed by atoms with Crippen LogP contribution in [-0.4, -0.2) is 33.0 Å². The molecule has 28 heavy (non-hydrogen) atoms. The maximum Gasteiger partial charge on any atom is 0.328 e. The standard InChI is InChI=1S/C19H22N4O3S2/c1-26-16-9-7-14(8-10-16)13-21-19(27)22-15-4-2-5-17(12-15)28(24,25)23-18-6-3-11-20-18/h2,4-5,7-10,12H,3,6,11,13H2,1H3,(H,20,23)(H2,21,22,27)/p+1. The van der Waals surface area contributed by atoms with Gasteiger partial charge in [-0.1, -0.05) is 18.2 Å². The molecule has 0 aliphatic carbocycles. The van der Waals surface area contributed by atoms with Crippen molar-refractivity contribution in [2.24, 2.45) is 0 Å². The number of hydrogen-bond donors (Lipinski definition) is 4. The van der Waals surface area contributed by atoms with Gasteiger partial charge in [-0.2, -0.15) is 13.1 Å². The molecule has 7 nitrogen and oxygen atoms in total. The summed E-state index contributed by atoms with van der Waals surface area (Å²) in [7, 11) is -2.00. The van der Waals surface area contributed by atoms with Gasteiger partial charge in [0.05, 0.1) is 20.1 Å². The van der Waals surface area contributed by atoms with Crippen LogP contribution in [0.1, 0.15) is 18.4 Å². The smallest absolute Gasteiger partial charge is 0.328 e. The average molecular weight is 420 g/mol. The van der Waals surface area contributed by atoms with Gasteiger partial charge in [-0.25, -0.2) is 0 Å². The van der Waals surface area contributed by atoms with Crippen LogP contribution in [0.25, 0.3) is 0 Å². The lowest BCUT2D eigenvalue weighted by atomic mass is 10.2. The van der Waals surface area contributed by atoms with Crippen molar-refractivity contribution in [2.75, 3.05) is 19.0 Å². The third-order valence-electron chi connectivity index (χ3n) is 4.21. The molecule has 0 fully saturated rings. The predicted octanol–water partition coefficient (Wildman–Crippen LogP) is 0.733. The van der Waals surface area contributed by atoms with Crippen molar-refractivity contribution < 1.29 is 18.1 Å². The summed E-state index contributed by atoms with van der Waals surface area (Å²) in [4.78, 5) is 3.22. The van der Waals surface area contributed by atoms with Crippen molar-refractivity contribution in [2.45, 2.75) is 24.3 Å². The summed E-state index contributed by atoms with van der Waals surface area (Å²) < 4.78 is 32.8. The second kappa shape index (κ2) is 9.03. The first-order valence-electron chi connectivity index (χ1n) is 8.87. The van der Waals surface area contributed by atoms with E-state index in [0.717, 1.165) is 24.3 Å². The third-order valence-corrected chi connectivity index (χ3v) is 5.85. The van der Waals surface area contributed by atoms with Gasteiger partial charge in [0.15, 0.2) is 5.11 Å². The second-order valence-electron chi connectivity index (χ2n) is 6.30. The highest BCUT2D eigenvalue weighted by molar-refractivity contribution is 7.90. The zero-order valence-electron chi connectivity index (χ0n) is 15.5. The molecule has 0 aromatic heterocycles. The first kappa shape index (κ1) is 20.1. The van der Waals surface area contributed by atoms with E-state index in [1.807, 2.05) is 24.3 Å². The van der Waals surface area contributed by atoms with Gasteiger partial charge in [0.25, 0.3) is 5.84 Å². The van der Waals surface area contributed by atoms with Gasteiger partial charge < -0.3 is 15.4 Å². The highest BCUT2D eigenvalue weighted by atomic mass is 32.2. The van der Waals surface area contributed by atoms with E-state index in [4.69, 9.17) is 17.0 Å². The van der Waals surface area contributed by atoms with Crippen molar-refractivity contribution >= 4 is 38.9 Å². The maximum absolute atomic E-state index is 12.5. The number of hydrogen-bond acceptors (Lipinski definition) is 4. The molecule has 2 aromatic rings. The van der Waals surface area contributed by atoms with E-state index >= 15 is 0 Å². The molecule has 0 bridgehead atoms. The number of methoxy groups -OCH3 is 1. The highest BCUT2D eigenvalue weighted by Gasteiger charge is 2.24. The van der Waals surface area contributed by atoms with Crippen LogP contribution in [-0.2, 0) is 16.6 Å². The topological polar surface area (TPSA) is 93.4 Å². The lowest BCUT2D eigenvalue weighted by Gasteiger charge is -2.12. The molecule has 0 spiro atoms. The zero-order valence-corrected chi connectivity index (χ0v) is 17.1. The van der Waals surface area contributed by atoms with Crippen molar-refractivity contribution in [1.29, 1.82) is 0 Å². The Morgan fingerprint density at radius 3 is 2.68 bits per heavy atom. The second-order valence-corrected chi connectivity index (χ2v) is 8.39. The fourth-order valence-corrected chi connectivity index (χ4v) is 4.09. The molecule has 1 aliphatic rings. The Hall–Kier alpha value is -2.65. The van der Waals surface area contributed by atoms with Crippen molar-refractivity contribution in [3.8, 4) is 5.75 Å². The quantitative estimate of drug-likeness (QED) is 0.516. The Morgan fingerprint density at radius 2 is 2.00 bits per heavy atom. The van der Waals surface area contributed by atoms with Gasteiger partial charge >= 0.3 is 10.0 Å². The molecule has 2 aromatic carbocycles. The van der Waals surface area contributed by atoms with Crippen LogP contribution in [0.2, 0.25) is 0 Å². The molecular formula is C19H23N4O3S2+. The highest BCUT2D eigenvalue weighted by Crippen LogP contribution is 2.16. The largest absolute Gasteiger partial charge is 0.497 e. The molecule has 0 unspecified atom stereocenters. The Kier molecular flexibility index (Phi) is 6.48. The molecular weight excluding hydrogens is 396 g/mol. The van der Waals surface area contributed by atoms with Crippen molar-refractivity contribution in [1.82, 2.24) is 10.0 Å². The van der Waals surface area contributed by atoms with Crippen LogP contribution >= 0.6 is 12.2 Å². The number of anilines is 1. The number of ether oxygens (including phenoxy) is 1. The van der Waals surface area contributed by atoms with E-state index in [1.165, 1.54) is 0 Å². The normalized spacial score (nSPS) is 13.5. The number of nitrogens with one attached hydrogen (secondary N) is 4. The monoisotopic (exact) mass is 419 g/mol. The number of benzene rings is 2. The molecule has 0 amide bonds. The van der Waals surface area contributed by atoms with E-state index < -0.39 is 10.0 Å². The average Bonchev–Trinajstić information content (AvgIpc) is 3.19. The lowest BCUT2D eigenvalue weighted by molar-refractivity contribution is -0.448. The van der Waals surface area contributed by atoms with Gasteiger partial charge in [-0.3, -0.25) is 4.99 Å². The lowest BCUT2D eigenvalue weighted by Crippen LogP contribution is -2.72. The number of amidine groups is 1. The minimum absolute atomic E-state index is 0.177. The van der Waals surface area contributed by atoms with Crippen LogP contribution in [0.15, 0.2) is 53.4 Å². The van der Waals surface area contributed by atoms with Gasteiger partial charge in [0.2, 0.25) is 0 Å². The Balaban J connectivity index is 1.59. The van der Waals surface area contributed by atoms with E-state index in [9.17, 15) is 8.42 Å². The predicted molar refractivity (Wildman–Crippen MR) is 113 cm³/mol. The zero-order chi connectivity index (χ0) is 20.0. The van der Waals surface area contributed by atoms with Gasteiger partial charge in [-0.15, -0.1) is 0 Å². The molecule has 1 aliphatic heterocycles. The van der Waals surface area contributed by atoms with Crippen LogP contribution in [0.5, 0.6) is 5.75 Å². The molecule has 4 N–H and O–H groups in total. The van der Waals surface area contributed by atoms with Crippen LogP contribution < -0.4 is 25.1 Å². The summed E-state index contributed by atoms with van der Waals surface area (Å²) in [5.74, 6) is 1.43. The van der Waals surface area contributed by atoms with E-state index in [1.54, 1.807) is 31.4 Å². The summed E-state index contributed by atoms with van der Waals surface area (Å²) in [5, 5.41) is 6.53. The molecule has 9 heteroatoms. The molecule has 0 atom stereocenters. The van der Waals surface area contributed by atoms with E-state index in [0.29, 0.717) is 29.6 Å². The first-order chi connectivity index (χ1) is 13.5. The Labute approximate surface area is 170 Å². The Bertz CT molecular complexity index is 973. The van der Waals surface area contributed by atoms with Gasteiger partial charge in [0, 0.05) is 12.2 Å². The van der Waals surface area contributed by atoms with E-state index in [-0.39, 0.29) is 4.90 Å². The summed E-state index contributed by atoms with van der Waals surface area (Å²) in [5.41, 5.74) is 1.64.